The van der Waals surface area contributed by atoms with Gasteiger partial charge < -0.3 is 4.90 Å². The molecule has 1 rings (SSSR count). The van der Waals surface area contributed by atoms with Crippen molar-refractivity contribution >= 4 is 28.1 Å². The van der Waals surface area contributed by atoms with Gasteiger partial charge in [0.2, 0.25) is 0 Å². The molecule has 6 heteroatoms. The van der Waals surface area contributed by atoms with E-state index >= 15 is 0 Å². The normalized spacial score (nSPS) is 8.85. The second-order valence-corrected chi connectivity index (χ2v) is 3.35. The van der Waals surface area contributed by atoms with Crippen LogP contribution in [0.1, 0.15) is 0 Å². The summed E-state index contributed by atoms with van der Waals surface area (Å²) in [6, 6.07) is 3.92. The number of aromatic nitrogens is 1. The molecule has 13 heavy (non-hydrogen) atoms. The van der Waals surface area contributed by atoms with Crippen LogP contribution < -0.4 is 4.90 Å². The number of rotatable bonds is 3. The molecular weight excluding hydrogens is 208 g/mol. The molecule has 0 aromatic carbocycles. The second kappa shape index (κ2) is 4.66. The number of anilines is 1. The lowest BCUT2D eigenvalue weighted by molar-refractivity contribution is 0.956. The molecule has 0 spiro atoms. The molecule has 1 heterocycles. The van der Waals surface area contributed by atoms with Gasteiger partial charge in [0.05, 0.1) is 12.1 Å². The summed E-state index contributed by atoms with van der Waals surface area (Å²) < 4.78 is 0. The highest BCUT2D eigenvalue weighted by Gasteiger charge is 2.08. The molecule has 0 aliphatic carbocycles. The topological polar surface area (TPSA) is 63.7 Å². The van der Waals surface area contributed by atoms with Gasteiger partial charge in [0.25, 0.3) is 0 Å². The Labute approximate surface area is 84.6 Å². The Morgan fingerprint density at radius 1 is 1.46 bits per heavy atom. The van der Waals surface area contributed by atoms with Crippen LogP contribution in [0.3, 0.4) is 0 Å². The van der Waals surface area contributed by atoms with Gasteiger partial charge in [0.1, 0.15) is 18.2 Å². The fourth-order valence-electron chi connectivity index (χ4n) is 0.753. The Hall–Kier alpha value is -1.30. The minimum atomic E-state index is 0.150. The minimum Gasteiger partial charge on any atom is -0.321 e. The van der Waals surface area contributed by atoms with Gasteiger partial charge in [-0.1, -0.05) is 11.6 Å². The SMILES string of the molecule is N#CCN(CC#N)c1nc(Cl)cs1. The quantitative estimate of drug-likeness (QED) is 0.715. The highest BCUT2D eigenvalue weighted by molar-refractivity contribution is 7.14. The third-order valence-corrected chi connectivity index (χ3v) is 2.48. The molecule has 0 N–H and O–H groups in total. The monoisotopic (exact) mass is 212 g/mol. The molecule has 0 aliphatic rings. The highest BCUT2D eigenvalue weighted by atomic mass is 35.5. The number of thiazole rings is 1. The molecule has 0 amide bonds. The van der Waals surface area contributed by atoms with Crippen molar-refractivity contribution in [3.63, 3.8) is 0 Å². The molecule has 0 bridgehead atoms. The maximum atomic E-state index is 8.47. The molecule has 0 aliphatic heterocycles. The first-order chi connectivity index (χ1) is 6.27. The van der Waals surface area contributed by atoms with Crippen LogP contribution in [0.4, 0.5) is 5.13 Å². The van der Waals surface area contributed by atoms with Gasteiger partial charge in [0.15, 0.2) is 5.13 Å². The van der Waals surface area contributed by atoms with E-state index in [0.29, 0.717) is 10.3 Å². The van der Waals surface area contributed by atoms with E-state index in [1.165, 1.54) is 11.3 Å². The number of nitriles is 2. The van der Waals surface area contributed by atoms with E-state index in [2.05, 4.69) is 4.98 Å². The minimum absolute atomic E-state index is 0.150. The van der Waals surface area contributed by atoms with Crippen molar-refractivity contribution in [3.8, 4) is 12.1 Å². The van der Waals surface area contributed by atoms with Crippen molar-refractivity contribution in [2.24, 2.45) is 0 Å². The van der Waals surface area contributed by atoms with Gasteiger partial charge >= 0.3 is 0 Å². The predicted molar refractivity (Wildman–Crippen MR) is 50.6 cm³/mol. The zero-order valence-electron chi connectivity index (χ0n) is 6.57. The Morgan fingerprint density at radius 3 is 2.46 bits per heavy atom. The number of halogens is 1. The first-order valence-electron chi connectivity index (χ1n) is 3.38. The molecule has 0 saturated carbocycles. The third kappa shape index (κ3) is 2.59. The van der Waals surface area contributed by atoms with Gasteiger partial charge in [-0.05, 0) is 0 Å². The molecular formula is C7H5ClN4S. The Balaban J connectivity index is 2.77. The van der Waals surface area contributed by atoms with Crippen molar-refractivity contribution in [2.45, 2.75) is 0 Å². The molecule has 1 aromatic heterocycles. The van der Waals surface area contributed by atoms with Gasteiger partial charge in [0, 0.05) is 5.38 Å². The smallest absolute Gasteiger partial charge is 0.188 e. The molecule has 0 fully saturated rings. The molecule has 0 radical (unpaired) electrons. The number of hydrogen-bond acceptors (Lipinski definition) is 5. The lowest BCUT2D eigenvalue weighted by Gasteiger charge is -2.12. The van der Waals surface area contributed by atoms with E-state index in [-0.39, 0.29) is 13.1 Å². The second-order valence-electron chi connectivity index (χ2n) is 2.13. The number of hydrogen-bond donors (Lipinski definition) is 0. The van der Waals surface area contributed by atoms with Gasteiger partial charge in [-0.3, -0.25) is 0 Å². The van der Waals surface area contributed by atoms with Crippen molar-refractivity contribution in [3.05, 3.63) is 10.5 Å². The summed E-state index contributed by atoms with van der Waals surface area (Å²) in [5.41, 5.74) is 0. The average Bonchev–Trinajstić information content (AvgIpc) is 2.51. The average molecular weight is 213 g/mol. The van der Waals surface area contributed by atoms with Crippen LogP contribution >= 0.6 is 22.9 Å². The Kier molecular flexibility index (Phi) is 3.51. The van der Waals surface area contributed by atoms with Crippen molar-refractivity contribution < 1.29 is 0 Å². The maximum absolute atomic E-state index is 8.47. The fourth-order valence-corrected chi connectivity index (χ4v) is 1.70. The largest absolute Gasteiger partial charge is 0.321 e. The van der Waals surface area contributed by atoms with E-state index in [4.69, 9.17) is 22.1 Å². The summed E-state index contributed by atoms with van der Waals surface area (Å²) in [5, 5.41) is 19.6. The van der Waals surface area contributed by atoms with Crippen LogP contribution in [-0.2, 0) is 0 Å². The molecule has 4 nitrogen and oxygen atoms in total. The first kappa shape index (κ1) is 9.79. The van der Waals surface area contributed by atoms with Crippen LogP contribution in [0.15, 0.2) is 5.38 Å². The standard InChI is InChI=1S/C7H5ClN4S/c8-6-5-13-7(11-6)12(3-1-9)4-2-10/h5H,3-4H2. The summed E-state index contributed by atoms with van der Waals surface area (Å²) in [7, 11) is 0. The van der Waals surface area contributed by atoms with E-state index in [1.54, 1.807) is 10.3 Å². The summed E-state index contributed by atoms with van der Waals surface area (Å²) in [6.45, 7) is 0.300. The van der Waals surface area contributed by atoms with Crippen molar-refractivity contribution in [2.75, 3.05) is 18.0 Å². The Bertz CT molecular complexity index is 345. The van der Waals surface area contributed by atoms with Crippen LogP contribution in [-0.4, -0.2) is 18.1 Å². The van der Waals surface area contributed by atoms with Gasteiger partial charge in [-0.25, -0.2) is 4.98 Å². The predicted octanol–water partition coefficient (Wildman–Crippen LogP) is 1.65. The van der Waals surface area contributed by atoms with Crippen LogP contribution in [0.5, 0.6) is 0 Å². The molecule has 66 valence electrons. The zero-order chi connectivity index (χ0) is 9.68. The Morgan fingerprint density at radius 2 is 2.08 bits per heavy atom. The van der Waals surface area contributed by atoms with Gasteiger partial charge in [-0.2, -0.15) is 10.5 Å². The van der Waals surface area contributed by atoms with E-state index in [1.807, 2.05) is 12.1 Å². The van der Waals surface area contributed by atoms with E-state index in [0.717, 1.165) is 0 Å². The molecule has 0 atom stereocenters. The highest BCUT2D eigenvalue weighted by Crippen LogP contribution is 2.22. The van der Waals surface area contributed by atoms with Crippen LogP contribution in [0, 0.1) is 22.7 Å². The van der Waals surface area contributed by atoms with Crippen molar-refractivity contribution in [1.29, 1.82) is 10.5 Å². The fraction of sp³-hybridized carbons (Fsp3) is 0.286. The summed E-state index contributed by atoms with van der Waals surface area (Å²) in [4.78, 5) is 5.52. The zero-order valence-corrected chi connectivity index (χ0v) is 8.14. The van der Waals surface area contributed by atoms with E-state index in [9.17, 15) is 0 Å². The van der Waals surface area contributed by atoms with Crippen molar-refractivity contribution in [1.82, 2.24) is 4.98 Å². The molecule has 0 saturated heterocycles. The lowest BCUT2D eigenvalue weighted by atomic mass is 10.5. The number of nitrogens with zero attached hydrogens (tertiary/aromatic N) is 4. The first-order valence-corrected chi connectivity index (χ1v) is 4.63. The summed E-state index contributed by atoms with van der Waals surface area (Å²) >= 11 is 6.93. The molecule has 0 unspecified atom stereocenters. The summed E-state index contributed by atoms with van der Waals surface area (Å²) in [6.07, 6.45) is 0. The van der Waals surface area contributed by atoms with Gasteiger partial charge in [-0.15, -0.1) is 11.3 Å². The lowest BCUT2D eigenvalue weighted by Crippen LogP contribution is -2.23. The summed E-state index contributed by atoms with van der Waals surface area (Å²) in [5.74, 6) is 0. The maximum Gasteiger partial charge on any atom is 0.188 e. The van der Waals surface area contributed by atoms with Crippen LogP contribution in [0.25, 0.3) is 0 Å². The third-order valence-electron chi connectivity index (χ3n) is 1.26. The van der Waals surface area contributed by atoms with Crippen LogP contribution in [0.2, 0.25) is 5.15 Å². The molecule has 1 aromatic rings. The van der Waals surface area contributed by atoms with E-state index < -0.39 is 0 Å².